The molecular formula is C17H29NO4S2. The Morgan fingerprint density at radius 1 is 0.875 bits per heavy atom. The van der Waals surface area contributed by atoms with Crippen LogP contribution >= 0.6 is 0 Å². The van der Waals surface area contributed by atoms with Crippen LogP contribution in [-0.2, 0) is 19.9 Å². The van der Waals surface area contributed by atoms with Gasteiger partial charge in [-0.25, -0.2) is 16.8 Å². The van der Waals surface area contributed by atoms with Crippen molar-refractivity contribution in [3.05, 3.63) is 23.3 Å². The van der Waals surface area contributed by atoms with Crippen LogP contribution in [0.4, 0.5) is 0 Å². The number of nitrogens with zero attached hydrogens (tertiary/aromatic N) is 1. The predicted octanol–water partition coefficient (Wildman–Crippen LogP) is 3.01. The van der Waals surface area contributed by atoms with Crippen molar-refractivity contribution in [1.82, 2.24) is 4.31 Å². The summed E-state index contributed by atoms with van der Waals surface area (Å²) < 4.78 is 51.8. The van der Waals surface area contributed by atoms with E-state index in [1.807, 2.05) is 27.7 Å². The first kappa shape index (κ1) is 21.1. The molecule has 0 aromatic heterocycles. The fourth-order valence-electron chi connectivity index (χ4n) is 2.67. The highest BCUT2D eigenvalue weighted by Crippen LogP contribution is 2.28. The predicted molar refractivity (Wildman–Crippen MR) is 97.5 cm³/mol. The normalized spacial score (nSPS) is 13.2. The molecule has 0 saturated carbocycles. The highest BCUT2D eigenvalue weighted by molar-refractivity contribution is 7.91. The van der Waals surface area contributed by atoms with Crippen LogP contribution < -0.4 is 0 Å². The van der Waals surface area contributed by atoms with Crippen molar-refractivity contribution >= 4 is 19.9 Å². The number of hydrogen-bond donors (Lipinski definition) is 0. The van der Waals surface area contributed by atoms with Gasteiger partial charge in [0, 0.05) is 19.3 Å². The van der Waals surface area contributed by atoms with Crippen molar-refractivity contribution in [3.63, 3.8) is 0 Å². The number of hydrogen-bond acceptors (Lipinski definition) is 4. The quantitative estimate of drug-likeness (QED) is 0.734. The van der Waals surface area contributed by atoms with E-state index in [0.717, 1.165) is 6.26 Å². The number of sulfone groups is 1. The molecule has 0 saturated heterocycles. The van der Waals surface area contributed by atoms with E-state index in [1.54, 1.807) is 19.9 Å². The van der Waals surface area contributed by atoms with E-state index in [1.165, 1.54) is 10.4 Å². The first-order chi connectivity index (χ1) is 10.8. The Bertz CT molecular complexity index is 784. The van der Waals surface area contributed by atoms with Gasteiger partial charge >= 0.3 is 0 Å². The van der Waals surface area contributed by atoms with Gasteiger partial charge in [0.05, 0.1) is 9.79 Å². The largest absolute Gasteiger partial charge is 0.243 e. The van der Waals surface area contributed by atoms with Gasteiger partial charge in [-0.2, -0.15) is 4.31 Å². The van der Waals surface area contributed by atoms with Crippen molar-refractivity contribution in [2.45, 2.75) is 51.3 Å². The summed E-state index contributed by atoms with van der Waals surface area (Å²) in [5, 5.41) is 0. The van der Waals surface area contributed by atoms with Gasteiger partial charge in [0.2, 0.25) is 10.0 Å². The lowest BCUT2D eigenvalue weighted by molar-refractivity contribution is 0.333. The van der Waals surface area contributed by atoms with Crippen LogP contribution in [0.1, 0.15) is 38.8 Å². The van der Waals surface area contributed by atoms with Gasteiger partial charge in [-0.1, -0.05) is 27.7 Å². The van der Waals surface area contributed by atoms with Gasteiger partial charge in [0.25, 0.3) is 0 Å². The molecule has 5 nitrogen and oxygen atoms in total. The highest BCUT2D eigenvalue weighted by Gasteiger charge is 2.29. The first-order valence-electron chi connectivity index (χ1n) is 8.08. The summed E-state index contributed by atoms with van der Waals surface area (Å²) in [6.45, 7) is 11.9. The standard InChI is InChI=1S/C17H29NO4S2/c1-12(2)10-18(11-13(3)4)24(21,22)17-9-14(5)8-16(15(17)6)23(7,19)20/h8-9,12-13H,10-11H2,1-7H3. The van der Waals surface area contributed by atoms with Gasteiger partial charge < -0.3 is 0 Å². The van der Waals surface area contributed by atoms with Gasteiger partial charge in [-0.05, 0) is 48.9 Å². The van der Waals surface area contributed by atoms with Gasteiger partial charge in [-0.3, -0.25) is 0 Å². The summed E-state index contributed by atoms with van der Waals surface area (Å²) in [5.41, 5.74) is 0.911. The smallest absolute Gasteiger partial charge is 0.224 e. The Morgan fingerprint density at radius 3 is 1.67 bits per heavy atom. The molecule has 0 aliphatic heterocycles. The summed E-state index contributed by atoms with van der Waals surface area (Å²) >= 11 is 0. The molecule has 0 atom stereocenters. The Hall–Kier alpha value is -0.920. The maximum Gasteiger partial charge on any atom is 0.243 e. The zero-order valence-corrected chi connectivity index (χ0v) is 17.3. The van der Waals surface area contributed by atoms with Crippen molar-refractivity contribution in [2.75, 3.05) is 19.3 Å². The monoisotopic (exact) mass is 375 g/mol. The lowest BCUT2D eigenvalue weighted by Crippen LogP contribution is -2.37. The van der Waals surface area contributed by atoms with E-state index in [0.29, 0.717) is 24.2 Å². The van der Waals surface area contributed by atoms with E-state index in [-0.39, 0.29) is 21.6 Å². The second-order valence-electron chi connectivity index (χ2n) is 7.27. The van der Waals surface area contributed by atoms with Gasteiger partial charge in [0.1, 0.15) is 0 Å². The van der Waals surface area contributed by atoms with Crippen molar-refractivity contribution in [3.8, 4) is 0 Å². The Labute approximate surface area is 147 Å². The molecule has 0 fully saturated rings. The van der Waals surface area contributed by atoms with Crippen LogP contribution in [0.15, 0.2) is 21.9 Å². The Kier molecular flexibility index (Phi) is 6.63. The van der Waals surface area contributed by atoms with Crippen molar-refractivity contribution < 1.29 is 16.8 Å². The van der Waals surface area contributed by atoms with Crippen LogP contribution in [0.25, 0.3) is 0 Å². The van der Waals surface area contributed by atoms with Crippen LogP contribution in [0.2, 0.25) is 0 Å². The Balaban J connectivity index is 3.58. The topological polar surface area (TPSA) is 71.5 Å². The maximum atomic E-state index is 13.2. The van der Waals surface area contributed by atoms with Crippen LogP contribution in [-0.4, -0.2) is 40.5 Å². The fourth-order valence-corrected chi connectivity index (χ4v) is 5.90. The lowest BCUT2D eigenvalue weighted by atomic mass is 10.2. The Morgan fingerprint density at radius 2 is 1.29 bits per heavy atom. The maximum absolute atomic E-state index is 13.2. The van der Waals surface area contributed by atoms with E-state index < -0.39 is 19.9 Å². The minimum absolute atomic E-state index is 0.0788. The molecule has 1 aromatic rings. The highest BCUT2D eigenvalue weighted by atomic mass is 32.2. The second kappa shape index (κ2) is 7.54. The molecule has 0 bridgehead atoms. The molecule has 138 valence electrons. The van der Waals surface area contributed by atoms with Crippen molar-refractivity contribution in [2.24, 2.45) is 11.8 Å². The molecule has 0 unspecified atom stereocenters. The molecule has 0 amide bonds. The molecule has 0 heterocycles. The van der Waals surface area contributed by atoms with E-state index in [4.69, 9.17) is 0 Å². The van der Waals surface area contributed by atoms with E-state index in [9.17, 15) is 16.8 Å². The van der Waals surface area contributed by atoms with Crippen LogP contribution in [0, 0.1) is 25.7 Å². The summed E-state index contributed by atoms with van der Waals surface area (Å²) in [6, 6.07) is 3.09. The zero-order valence-electron chi connectivity index (χ0n) is 15.6. The number of sulfonamides is 1. The second-order valence-corrected chi connectivity index (χ2v) is 11.2. The molecule has 0 aliphatic rings. The summed E-state index contributed by atoms with van der Waals surface area (Å²) in [6.07, 6.45) is 1.10. The third-order valence-corrected chi connectivity index (χ3v) is 6.79. The average molecular weight is 376 g/mol. The number of rotatable bonds is 7. The summed E-state index contributed by atoms with van der Waals surface area (Å²) in [7, 11) is -7.25. The molecular weight excluding hydrogens is 346 g/mol. The molecule has 0 spiro atoms. The third-order valence-electron chi connectivity index (χ3n) is 3.61. The zero-order chi connectivity index (χ0) is 18.9. The molecule has 0 aliphatic carbocycles. The minimum Gasteiger partial charge on any atom is -0.224 e. The molecule has 0 radical (unpaired) electrons. The van der Waals surface area contributed by atoms with Gasteiger partial charge in [-0.15, -0.1) is 0 Å². The molecule has 1 rings (SSSR count). The fraction of sp³-hybridized carbons (Fsp3) is 0.647. The molecule has 1 aromatic carbocycles. The third kappa shape index (κ3) is 5.04. The van der Waals surface area contributed by atoms with Crippen molar-refractivity contribution in [1.29, 1.82) is 0 Å². The van der Waals surface area contributed by atoms with Crippen LogP contribution in [0.3, 0.4) is 0 Å². The SMILES string of the molecule is Cc1cc(S(C)(=O)=O)c(C)c(S(=O)(=O)N(CC(C)C)CC(C)C)c1. The minimum atomic E-state index is -3.76. The lowest BCUT2D eigenvalue weighted by Gasteiger charge is -2.27. The first-order valence-corrected chi connectivity index (χ1v) is 11.4. The molecule has 0 N–H and O–H groups in total. The molecule has 7 heteroatoms. The van der Waals surface area contributed by atoms with E-state index in [2.05, 4.69) is 0 Å². The van der Waals surface area contributed by atoms with E-state index >= 15 is 0 Å². The average Bonchev–Trinajstić information content (AvgIpc) is 2.37. The summed E-state index contributed by atoms with van der Waals surface area (Å²) in [4.78, 5) is 0.166. The molecule has 24 heavy (non-hydrogen) atoms. The number of aryl methyl sites for hydroxylation is 1. The van der Waals surface area contributed by atoms with Gasteiger partial charge in [0.15, 0.2) is 9.84 Å². The summed E-state index contributed by atoms with van der Waals surface area (Å²) in [5.74, 6) is 0.357. The number of benzene rings is 1. The van der Waals surface area contributed by atoms with Crippen LogP contribution in [0.5, 0.6) is 0 Å².